The fourth-order valence-electron chi connectivity index (χ4n) is 3.03. The lowest BCUT2D eigenvalue weighted by Crippen LogP contribution is -2.40. The summed E-state index contributed by atoms with van der Waals surface area (Å²) in [4.78, 5) is 19.2. The molecule has 2 aromatic rings. The Kier molecular flexibility index (Phi) is 4.82. The van der Waals surface area contributed by atoms with Gasteiger partial charge < -0.3 is 14.1 Å². The highest BCUT2D eigenvalue weighted by Crippen LogP contribution is 2.35. The van der Waals surface area contributed by atoms with Crippen LogP contribution in [0.15, 0.2) is 21.9 Å². The van der Waals surface area contributed by atoms with E-state index in [0.717, 1.165) is 35.9 Å². The minimum Gasteiger partial charge on any atom is -0.464 e. The van der Waals surface area contributed by atoms with Crippen molar-refractivity contribution in [2.75, 3.05) is 13.7 Å². The predicted molar refractivity (Wildman–Crippen MR) is 88.4 cm³/mol. The van der Waals surface area contributed by atoms with Gasteiger partial charge in [-0.05, 0) is 37.8 Å². The van der Waals surface area contributed by atoms with E-state index in [9.17, 15) is 4.79 Å². The van der Waals surface area contributed by atoms with Crippen molar-refractivity contribution < 1.29 is 13.9 Å². The number of piperidine rings is 1. The van der Waals surface area contributed by atoms with Gasteiger partial charge in [0.25, 0.3) is 5.91 Å². The van der Waals surface area contributed by atoms with Gasteiger partial charge in [-0.3, -0.25) is 4.79 Å². The predicted octanol–water partition coefficient (Wildman–Crippen LogP) is 3.80. The van der Waals surface area contributed by atoms with Crippen LogP contribution in [0.25, 0.3) is 0 Å². The van der Waals surface area contributed by atoms with E-state index < -0.39 is 0 Å². The van der Waals surface area contributed by atoms with Crippen LogP contribution in [-0.2, 0) is 11.3 Å². The fourth-order valence-corrected chi connectivity index (χ4v) is 3.77. The topological polar surface area (TPSA) is 55.6 Å². The second kappa shape index (κ2) is 6.84. The zero-order valence-electron chi connectivity index (χ0n) is 13.7. The number of likely N-dealkylation sites (tertiary alicyclic amines) is 1. The van der Waals surface area contributed by atoms with Crippen LogP contribution in [0.4, 0.5) is 0 Å². The van der Waals surface area contributed by atoms with Gasteiger partial charge in [-0.2, -0.15) is 0 Å². The standard InChI is InChI=1S/C17H22N2O3S/c1-11-6-7-19(14(8-11)15-5-4-12(2)22-15)17(20)13-10-23-16(18-13)9-21-3/h4-5,10-11,14H,6-9H2,1-3H3. The first-order chi connectivity index (χ1) is 11.1. The summed E-state index contributed by atoms with van der Waals surface area (Å²) in [5.41, 5.74) is 0.505. The molecular formula is C17H22N2O3S. The Morgan fingerprint density at radius 2 is 2.35 bits per heavy atom. The van der Waals surface area contributed by atoms with Gasteiger partial charge in [-0.25, -0.2) is 4.98 Å². The van der Waals surface area contributed by atoms with Crippen LogP contribution < -0.4 is 0 Å². The van der Waals surface area contributed by atoms with E-state index in [0.29, 0.717) is 18.2 Å². The van der Waals surface area contributed by atoms with E-state index in [1.54, 1.807) is 7.11 Å². The van der Waals surface area contributed by atoms with E-state index in [1.807, 2.05) is 29.3 Å². The highest BCUT2D eigenvalue weighted by atomic mass is 32.1. The van der Waals surface area contributed by atoms with Crippen molar-refractivity contribution in [3.8, 4) is 0 Å². The van der Waals surface area contributed by atoms with E-state index in [1.165, 1.54) is 11.3 Å². The number of furan rings is 1. The SMILES string of the molecule is COCc1nc(C(=O)N2CCC(C)CC2c2ccc(C)o2)cs1. The summed E-state index contributed by atoms with van der Waals surface area (Å²) in [7, 11) is 1.63. The molecule has 0 N–H and O–H groups in total. The molecular weight excluding hydrogens is 312 g/mol. The minimum atomic E-state index is -0.0189. The molecule has 6 heteroatoms. The van der Waals surface area contributed by atoms with Crippen LogP contribution in [0, 0.1) is 12.8 Å². The van der Waals surface area contributed by atoms with Crippen LogP contribution in [0.2, 0.25) is 0 Å². The van der Waals surface area contributed by atoms with Crippen LogP contribution in [-0.4, -0.2) is 29.4 Å². The number of amides is 1. The summed E-state index contributed by atoms with van der Waals surface area (Å²) in [6, 6.07) is 3.93. The average Bonchev–Trinajstić information content (AvgIpc) is 3.16. The second-order valence-electron chi connectivity index (χ2n) is 6.15. The number of aromatic nitrogens is 1. The number of rotatable bonds is 4. The van der Waals surface area contributed by atoms with E-state index in [2.05, 4.69) is 11.9 Å². The van der Waals surface area contributed by atoms with E-state index in [-0.39, 0.29) is 11.9 Å². The molecule has 5 nitrogen and oxygen atoms in total. The van der Waals surface area contributed by atoms with Gasteiger partial charge in [-0.1, -0.05) is 6.92 Å². The third-order valence-corrected chi connectivity index (χ3v) is 5.08. The lowest BCUT2D eigenvalue weighted by Gasteiger charge is -2.37. The molecule has 1 aliphatic heterocycles. The van der Waals surface area contributed by atoms with Crippen molar-refractivity contribution in [1.29, 1.82) is 0 Å². The molecule has 0 bridgehead atoms. The Labute approximate surface area is 140 Å². The second-order valence-corrected chi connectivity index (χ2v) is 7.09. The lowest BCUT2D eigenvalue weighted by atomic mass is 9.91. The first-order valence-electron chi connectivity index (χ1n) is 7.89. The number of ether oxygens (including phenoxy) is 1. The molecule has 0 spiro atoms. The molecule has 0 radical (unpaired) electrons. The molecule has 2 aromatic heterocycles. The first kappa shape index (κ1) is 16.2. The largest absolute Gasteiger partial charge is 0.464 e. The van der Waals surface area contributed by atoms with Crippen molar-refractivity contribution in [3.05, 3.63) is 39.7 Å². The van der Waals surface area contributed by atoms with Gasteiger partial charge >= 0.3 is 0 Å². The molecule has 1 amide bonds. The van der Waals surface area contributed by atoms with Crippen LogP contribution >= 0.6 is 11.3 Å². The maximum atomic E-state index is 12.9. The van der Waals surface area contributed by atoms with Crippen LogP contribution in [0.5, 0.6) is 0 Å². The fraction of sp³-hybridized carbons (Fsp3) is 0.529. The summed E-state index contributed by atoms with van der Waals surface area (Å²) in [6.45, 7) is 5.33. The van der Waals surface area contributed by atoms with Crippen molar-refractivity contribution in [2.24, 2.45) is 5.92 Å². The van der Waals surface area contributed by atoms with Gasteiger partial charge in [0.05, 0.1) is 12.6 Å². The monoisotopic (exact) mass is 334 g/mol. The van der Waals surface area contributed by atoms with Crippen molar-refractivity contribution >= 4 is 17.2 Å². The highest BCUT2D eigenvalue weighted by Gasteiger charge is 2.34. The number of thiazole rings is 1. The number of aryl methyl sites for hydroxylation is 1. The molecule has 1 aliphatic rings. The Hall–Kier alpha value is -1.66. The van der Waals surface area contributed by atoms with Gasteiger partial charge in [0.1, 0.15) is 22.2 Å². The number of hydrogen-bond donors (Lipinski definition) is 0. The Balaban J connectivity index is 1.83. The third kappa shape index (κ3) is 3.48. The maximum absolute atomic E-state index is 12.9. The lowest BCUT2D eigenvalue weighted by molar-refractivity contribution is 0.0513. The summed E-state index contributed by atoms with van der Waals surface area (Å²) < 4.78 is 10.9. The van der Waals surface area contributed by atoms with Gasteiger partial charge in [-0.15, -0.1) is 11.3 Å². The van der Waals surface area contributed by atoms with Gasteiger partial charge in [0, 0.05) is 19.0 Å². The Morgan fingerprint density at radius 1 is 1.52 bits per heavy atom. The zero-order valence-corrected chi connectivity index (χ0v) is 14.6. The summed E-state index contributed by atoms with van der Waals surface area (Å²) in [5, 5.41) is 2.64. The van der Waals surface area contributed by atoms with Gasteiger partial charge in [0.15, 0.2) is 0 Å². The van der Waals surface area contributed by atoms with Crippen molar-refractivity contribution in [2.45, 2.75) is 39.3 Å². The molecule has 0 aromatic carbocycles. The maximum Gasteiger partial charge on any atom is 0.273 e. The third-order valence-electron chi connectivity index (χ3n) is 4.25. The quantitative estimate of drug-likeness (QED) is 0.853. The molecule has 23 heavy (non-hydrogen) atoms. The summed E-state index contributed by atoms with van der Waals surface area (Å²) in [5.74, 6) is 2.31. The molecule has 3 heterocycles. The molecule has 124 valence electrons. The van der Waals surface area contributed by atoms with Gasteiger partial charge in [0.2, 0.25) is 0 Å². The normalized spacial score (nSPS) is 21.6. The molecule has 3 rings (SSSR count). The smallest absolute Gasteiger partial charge is 0.273 e. The van der Waals surface area contributed by atoms with Crippen LogP contribution in [0.3, 0.4) is 0 Å². The average molecular weight is 334 g/mol. The summed E-state index contributed by atoms with van der Waals surface area (Å²) >= 11 is 1.46. The molecule has 0 aliphatic carbocycles. The number of carbonyl (C=O) groups is 1. The molecule has 2 atom stereocenters. The Bertz CT molecular complexity index is 679. The first-order valence-corrected chi connectivity index (χ1v) is 8.77. The molecule has 1 fully saturated rings. The number of nitrogens with zero attached hydrogens (tertiary/aromatic N) is 2. The Morgan fingerprint density at radius 3 is 3.04 bits per heavy atom. The van der Waals surface area contributed by atoms with E-state index >= 15 is 0 Å². The van der Waals surface area contributed by atoms with E-state index in [4.69, 9.17) is 9.15 Å². The van der Waals surface area contributed by atoms with Crippen molar-refractivity contribution in [3.63, 3.8) is 0 Å². The summed E-state index contributed by atoms with van der Waals surface area (Å²) in [6.07, 6.45) is 1.94. The minimum absolute atomic E-state index is 0.00692. The number of carbonyl (C=O) groups excluding carboxylic acids is 1. The highest BCUT2D eigenvalue weighted by molar-refractivity contribution is 7.09. The zero-order chi connectivity index (χ0) is 16.4. The molecule has 1 saturated heterocycles. The number of hydrogen-bond acceptors (Lipinski definition) is 5. The molecule has 0 saturated carbocycles. The number of methoxy groups -OCH3 is 1. The van der Waals surface area contributed by atoms with Crippen molar-refractivity contribution in [1.82, 2.24) is 9.88 Å². The molecule has 2 unspecified atom stereocenters. The van der Waals surface area contributed by atoms with Crippen LogP contribution in [0.1, 0.15) is 52.8 Å².